The van der Waals surface area contributed by atoms with Gasteiger partial charge in [0.25, 0.3) is 0 Å². The van der Waals surface area contributed by atoms with Crippen LogP contribution in [-0.2, 0) is 4.79 Å². The van der Waals surface area contributed by atoms with Gasteiger partial charge in [-0.15, -0.1) is 0 Å². The first-order valence-corrected chi connectivity index (χ1v) is 7.24. The molecule has 0 aliphatic heterocycles. The van der Waals surface area contributed by atoms with E-state index in [0.717, 1.165) is 32.1 Å². The van der Waals surface area contributed by atoms with E-state index >= 15 is 0 Å². The van der Waals surface area contributed by atoms with Gasteiger partial charge in [0.15, 0.2) is 0 Å². The Morgan fingerprint density at radius 1 is 1.33 bits per heavy atom. The number of nitrogens with two attached hydrogens (primary N) is 1. The third-order valence-electron chi connectivity index (χ3n) is 4.46. The van der Waals surface area contributed by atoms with E-state index in [1.807, 2.05) is 4.90 Å². The number of carbonyl (C=O) groups excluding carboxylic acids is 1. The van der Waals surface area contributed by atoms with E-state index < -0.39 is 5.41 Å². The lowest BCUT2D eigenvalue weighted by molar-refractivity contribution is -0.145. The van der Waals surface area contributed by atoms with E-state index in [0.29, 0.717) is 11.5 Å². The molecule has 2 aliphatic carbocycles. The van der Waals surface area contributed by atoms with Crippen LogP contribution in [0.25, 0.3) is 0 Å². The molecule has 3 N–H and O–H groups in total. The van der Waals surface area contributed by atoms with Gasteiger partial charge in [0, 0.05) is 12.6 Å². The Morgan fingerprint density at radius 2 is 1.94 bits per heavy atom. The zero-order valence-electron chi connectivity index (χ0n) is 10.7. The summed E-state index contributed by atoms with van der Waals surface area (Å²) in [7, 11) is 0. The van der Waals surface area contributed by atoms with E-state index in [-0.39, 0.29) is 18.6 Å². The Hall–Kier alpha value is -0.680. The number of aliphatic hydroxyl groups excluding tert-OH is 1. The molecule has 0 bridgehead atoms. The van der Waals surface area contributed by atoms with Crippen LogP contribution in [0.15, 0.2) is 0 Å². The van der Waals surface area contributed by atoms with Gasteiger partial charge >= 0.3 is 0 Å². The minimum Gasteiger partial charge on any atom is -0.395 e. The Kier molecular flexibility index (Phi) is 4.22. The van der Waals surface area contributed by atoms with Crippen molar-refractivity contribution in [3.8, 4) is 0 Å². The summed E-state index contributed by atoms with van der Waals surface area (Å²) in [5, 5.41) is 9.18. The van der Waals surface area contributed by atoms with Gasteiger partial charge in [0.2, 0.25) is 5.91 Å². The molecule has 0 spiro atoms. The molecule has 2 fully saturated rings. The van der Waals surface area contributed by atoms with Gasteiger partial charge in [-0.05, 0) is 25.7 Å². The van der Waals surface area contributed by atoms with Crippen molar-refractivity contribution in [1.82, 2.24) is 4.90 Å². The van der Waals surface area contributed by atoms with Crippen LogP contribution in [-0.4, -0.2) is 40.1 Å². The molecule has 0 radical (unpaired) electrons. The number of aliphatic hydroxyl groups is 1. The molecule has 0 aromatic rings. The summed E-state index contributed by atoms with van der Waals surface area (Å²) in [5.41, 5.74) is 5.18. The molecule has 18 heavy (non-hydrogen) atoms. The van der Waals surface area contributed by atoms with Gasteiger partial charge in [-0.3, -0.25) is 4.79 Å². The van der Waals surface area contributed by atoms with E-state index in [4.69, 9.17) is 18.0 Å². The predicted molar refractivity (Wildman–Crippen MR) is 74.1 cm³/mol. The molecule has 2 rings (SSSR count). The molecular weight excluding hydrogens is 248 g/mol. The molecule has 5 heteroatoms. The van der Waals surface area contributed by atoms with Gasteiger partial charge in [-0.2, -0.15) is 0 Å². The van der Waals surface area contributed by atoms with E-state index in [1.165, 1.54) is 12.8 Å². The van der Waals surface area contributed by atoms with Crippen LogP contribution in [0.2, 0.25) is 0 Å². The summed E-state index contributed by atoms with van der Waals surface area (Å²) in [6.45, 7) is 0.420. The molecule has 0 aromatic heterocycles. The molecular formula is C13H22N2O2S. The molecule has 0 unspecified atom stereocenters. The monoisotopic (exact) mass is 270 g/mol. The van der Waals surface area contributed by atoms with Crippen LogP contribution in [0, 0.1) is 5.41 Å². The van der Waals surface area contributed by atoms with E-state index in [1.54, 1.807) is 0 Å². The highest BCUT2D eigenvalue weighted by atomic mass is 32.1. The third-order valence-corrected chi connectivity index (χ3v) is 4.85. The Labute approximate surface area is 114 Å². The molecule has 2 aliphatic rings. The minimum absolute atomic E-state index is 0.00958. The van der Waals surface area contributed by atoms with Crippen molar-refractivity contribution < 1.29 is 9.90 Å². The quantitative estimate of drug-likeness (QED) is 0.737. The average Bonchev–Trinajstić information content (AvgIpc) is 2.76. The van der Waals surface area contributed by atoms with Gasteiger partial charge in [0.05, 0.1) is 17.0 Å². The van der Waals surface area contributed by atoms with Gasteiger partial charge in [-0.25, -0.2) is 0 Å². The summed E-state index contributed by atoms with van der Waals surface area (Å²) in [4.78, 5) is 14.9. The summed E-state index contributed by atoms with van der Waals surface area (Å²) >= 11 is 5.10. The molecule has 0 aromatic carbocycles. The minimum atomic E-state index is -0.604. The fourth-order valence-electron chi connectivity index (χ4n) is 3.14. The fourth-order valence-corrected chi connectivity index (χ4v) is 3.44. The summed E-state index contributed by atoms with van der Waals surface area (Å²) in [6.07, 6.45) is 6.98. The van der Waals surface area contributed by atoms with Crippen molar-refractivity contribution in [3.63, 3.8) is 0 Å². The molecule has 0 atom stereocenters. The maximum absolute atomic E-state index is 12.7. The topological polar surface area (TPSA) is 66.6 Å². The van der Waals surface area contributed by atoms with Crippen LogP contribution in [0.3, 0.4) is 0 Å². The molecule has 2 saturated carbocycles. The number of thiocarbonyl (C=S) groups is 1. The van der Waals surface area contributed by atoms with Gasteiger partial charge < -0.3 is 15.7 Å². The van der Waals surface area contributed by atoms with Gasteiger partial charge in [0.1, 0.15) is 0 Å². The van der Waals surface area contributed by atoms with Crippen LogP contribution in [0.1, 0.15) is 44.9 Å². The fraction of sp³-hybridized carbons (Fsp3) is 0.846. The SMILES string of the molecule is NC(=S)C1(C(=O)N(CCO)C2CCCC2)CCC1. The number of rotatable bonds is 5. The highest BCUT2D eigenvalue weighted by Crippen LogP contribution is 2.44. The smallest absolute Gasteiger partial charge is 0.235 e. The van der Waals surface area contributed by atoms with E-state index in [9.17, 15) is 9.90 Å². The lowest BCUT2D eigenvalue weighted by atomic mass is 9.67. The van der Waals surface area contributed by atoms with Crippen molar-refractivity contribution in [2.24, 2.45) is 11.1 Å². The zero-order valence-corrected chi connectivity index (χ0v) is 11.5. The van der Waals surface area contributed by atoms with Gasteiger partial charge in [-0.1, -0.05) is 31.5 Å². The number of hydrogen-bond acceptors (Lipinski definition) is 3. The summed E-state index contributed by atoms with van der Waals surface area (Å²) in [5.74, 6) is 0.0576. The van der Waals surface area contributed by atoms with Crippen LogP contribution < -0.4 is 5.73 Å². The number of nitrogens with zero attached hydrogens (tertiary/aromatic N) is 1. The Morgan fingerprint density at radius 3 is 2.33 bits per heavy atom. The van der Waals surface area contributed by atoms with Crippen molar-refractivity contribution in [2.75, 3.05) is 13.2 Å². The largest absolute Gasteiger partial charge is 0.395 e. The first kappa shape index (κ1) is 13.7. The second kappa shape index (κ2) is 5.53. The van der Waals surface area contributed by atoms with Crippen molar-refractivity contribution in [2.45, 2.75) is 51.0 Å². The highest BCUT2D eigenvalue weighted by Gasteiger charge is 2.50. The number of amides is 1. The maximum atomic E-state index is 12.7. The van der Waals surface area contributed by atoms with E-state index in [2.05, 4.69) is 0 Å². The second-order valence-electron chi connectivity index (χ2n) is 5.46. The zero-order chi connectivity index (χ0) is 13.2. The summed E-state index contributed by atoms with van der Waals surface area (Å²) in [6, 6.07) is 0.275. The Bertz CT molecular complexity index is 336. The lowest BCUT2D eigenvalue weighted by Crippen LogP contribution is -2.57. The number of hydrogen-bond donors (Lipinski definition) is 2. The predicted octanol–water partition coefficient (Wildman–Crippen LogP) is 1.21. The third kappa shape index (κ3) is 2.26. The van der Waals surface area contributed by atoms with Crippen molar-refractivity contribution >= 4 is 23.1 Å². The van der Waals surface area contributed by atoms with Crippen LogP contribution >= 0.6 is 12.2 Å². The normalized spacial score (nSPS) is 22.5. The molecule has 0 heterocycles. The molecule has 102 valence electrons. The lowest BCUT2D eigenvalue weighted by Gasteiger charge is -2.44. The standard InChI is InChI=1S/C13H22N2O2S/c14-11(18)13(6-3-7-13)12(17)15(8-9-16)10-4-1-2-5-10/h10,16H,1-9H2,(H2,14,18). The first-order valence-electron chi connectivity index (χ1n) is 6.83. The summed E-state index contributed by atoms with van der Waals surface area (Å²) < 4.78 is 0. The van der Waals surface area contributed by atoms with Crippen molar-refractivity contribution in [1.29, 1.82) is 0 Å². The molecule has 0 saturated heterocycles. The molecule has 1 amide bonds. The number of carbonyl (C=O) groups is 1. The van der Waals surface area contributed by atoms with Crippen molar-refractivity contribution in [3.05, 3.63) is 0 Å². The average molecular weight is 270 g/mol. The van der Waals surface area contributed by atoms with Crippen LogP contribution in [0.5, 0.6) is 0 Å². The second-order valence-corrected chi connectivity index (χ2v) is 5.90. The molecule has 4 nitrogen and oxygen atoms in total. The van der Waals surface area contributed by atoms with Crippen LogP contribution in [0.4, 0.5) is 0 Å². The highest BCUT2D eigenvalue weighted by molar-refractivity contribution is 7.80. The maximum Gasteiger partial charge on any atom is 0.235 e. The Balaban J connectivity index is 2.14. The first-order chi connectivity index (χ1) is 8.62.